The van der Waals surface area contributed by atoms with Gasteiger partial charge in [-0.05, 0) is 110 Å². The standard InChI is InChI=1S/C29H50O/c1-20(2)7-6-8-21(3)25-11-12-26-24-10-9-23-19-22(15-18-30)13-16-28(23,4)27(24)14-17-29(25,26)5/h9,20-22,24-27,30H,6-8,10-19H2,1-5H3/t21-,22?,24?,25-,26?,27?,28+,29-/m1/s1. The number of fused-ring (bicyclic) bond motifs is 5. The molecule has 0 bridgehead atoms. The van der Waals surface area contributed by atoms with Gasteiger partial charge >= 0.3 is 0 Å². The van der Waals surface area contributed by atoms with Crippen molar-refractivity contribution < 1.29 is 5.11 Å². The molecule has 0 aromatic heterocycles. The van der Waals surface area contributed by atoms with E-state index in [0.717, 1.165) is 47.8 Å². The molecule has 172 valence electrons. The van der Waals surface area contributed by atoms with Crippen molar-refractivity contribution in [2.45, 2.75) is 112 Å². The third-order valence-electron chi connectivity index (χ3n) is 10.9. The first-order chi connectivity index (χ1) is 14.3. The van der Waals surface area contributed by atoms with E-state index in [-0.39, 0.29) is 0 Å². The maximum absolute atomic E-state index is 9.43. The Morgan fingerprint density at radius 1 is 1.00 bits per heavy atom. The van der Waals surface area contributed by atoms with Crippen LogP contribution in [0.5, 0.6) is 0 Å². The van der Waals surface area contributed by atoms with Gasteiger partial charge in [0.05, 0.1) is 0 Å². The Bertz CT molecular complexity index is 620. The summed E-state index contributed by atoms with van der Waals surface area (Å²) in [6.07, 6.45) is 19.3. The average Bonchev–Trinajstić information content (AvgIpc) is 3.05. The van der Waals surface area contributed by atoms with E-state index in [2.05, 4.69) is 40.7 Å². The van der Waals surface area contributed by atoms with Crippen LogP contribution in [0.3, 0.4) is 0 Å². The van der Waals surface area contributed by atoms with Crippen molar-refractivity contribution in [1.82, 2.24) is 0 Å². The zero-order chi connectivity index (χ0) is 21.5. The van der Waals surface area contributed by atoms with Crippen LogP contribution in [0.1, 0.15) is 112 Å². The minimum atomic E-state index is 0.373. The maximum Gasteiger partial charge on any atom is 0.0433 e. The third-order valence-corrected chi connectivity index (χ3v) is 10.9. The summed E-state index contributed by atoms with van der Waals surface area (Å²) in [5.74, 6) is 6.32. The van der Waals surface area contributed by atoms with Crippen molar-refractivity contribution in [2.24, 2.45) is 52.3 Å². The van der Waals surface area contributed by atoms with Gasteiger partial charge in [-0.25, -0.2) is 0 Å². The number of allylic oxidation sites excluding steroid dienone is 2. The first kappa shape index (κ1) is 22.9. The molecule has 0 aromatic rings. The topological polar surface area (TPSA) is 20.2 Å². The third kappa shape index (κ3) is 3.95. The summed E-state index contributed by atoms with van der Waals surface area (Å²) in [6.45, 7) is 13.1. The van der Waals surface area contributed by atoms with E-state index >= 15 is 0 Å². The quantitative estimate of drug-likeness (QED) is 0.418. The molecule has 1 heteroatoms. The minimum Gasteiger partial charge on any atom is -0.396 e. The SMILES string of the molecule is CC(C)CCC[C@@H](C)[C@H]1CCC2C3CC=C4CC(CCO)CC[C@]4(C)C3CC[C@@]21C. The van der Waals surface area contributed by atoms with E-state index in [1.54, 1.807) is 5.57 Å². The van der Waals surface area contributed by atoms with Crippen LogP contribution < -0.4 is 0 Å². The van der Waals surface area contributed by atoms with Gasteiger partial charge in [0.2, 0.25) is 0 Å². The maximum atomic E-state index is 9.43. The summed E-state index contributed by atoms with van der Waals surface area (Å²) >= 11 is 0. The minimum absolute atomic E-state index is 0.373. The molecular weight excluding hydrogens is 364 g/mol. The van der Waals surface area contributed by atoms with Crippen molar-refractivity contribution >= 4 is 0 Å². The summed E-state index contributed by atoms with van der Waals surface area (Å²) in [5.41, 5.74) is 2.86. The molecule has 4 rings (SSSR count). The zero-order valence-corrected chi connectivity index (χ0v) is 20.8. The summed E-state index contributed by atoms with van der Waals surface area (Å²) in [6, 6.07) is 0. The van der Waals surface area contributed by atoms with Crippen molar-refractivity contribution in [3.05, 3.63) is 11.6 Å². The van der Waals surface area contributed by atoms with Crippen LogP contribution >= 0.6 is 0 Å². The number of rotatable bonds is 7. The highest BCUT2D eigenvalue weighted by molar-refractivity contribution is 5.25. The fourth-order valence-electron chi connectivity index (χ4n) is 9.19. The summed E-state index contributed by atoms with van der Waals surface area (Å²) in [7, 11) is 0. The zero-order valence-electron chi connectivity index (χ0n) is 20.8. The van der Waals surface area contributed by atoms with Gasteiger partial charge in [-0.2, -0.15) is 0 Å². The molecule has 4 unspecified atom stereocenters. The number of hydrogen-bond acceptors (Lipinski definition) is 1. The lowest BCUT2D eigenvalue weighted by Gasteiger charge is -2.58. The van der Waals surface area contributed by atoms with E-state index in [1.807, 2.05) is 0 Å². The summed E-state index contributed by atoms with van der Waals surface area (Å²) in [4.78, 5) is 0. The lowest BCUT2D eigenvalue weighted by molar-refractivity contribution is -0.0532. The fraction of sp³-hybridized carbons (Fsp3) is 0.931. The van der Waals surface area contributed by atoms with Crippen LogP contribution in [0.15, 0.2) is 11.6 Å². The highest BCUT2D eigenvalue weighted by Gasteiger charge is 2.59. The van der Waals surface area contributed by atoms with Gasteiger partial charge in [-0.1, -0.05) is 65.5 Å². The summed E-state index contributed by atoms with van der Waals surface area (Å²) in [5, 5.41) is 9.43. The normalized spacial score (nSPS) is 44.2. The van der Waals surface area contributed by atoms with Gasteiger partial charge in [0.1, 0.15) is 0 Å². The van der Waals surface area contributed by atoms with Crippen LogP contribution in [-0.2, 0) is 0 Å². The highest BCUT2D eigenvalue weighted by Crippen LogP contribution is 2.67. The monoisotopic (exact) mass is 414 g/mol. The molecule has 0 spiro atoms. The molecule has 0 aliphatic heterocycles. The molecule has 4 aliphatic rings. The van der Waals surface area contributed by atoms with Gasteiger partial charge in [-0.3, -0.25) is 0 Å². The van der Waals surface area contributed by atoms with Gasteiger partial charge in [-0.15, -0.1) is 0 Å². The Morgan fingerprint density at radius 2 is 1.80 bits per heavy atom. The molecule has 1 N–H and O–H groups in total. The van der Waals surface area contributed by atoms with Crippen LogP contribution in [0.2, 0.25) is 0 Å². The van der Waals surface area contributed by atoms with Crippen molar-refractivity contribution in [3.63, 3.8) is 0 Å². The van der Waals surface area contributed by atoms with Crippen LogP contribution in [0, 0.1) is 52.3 Å². The molecule has 0 heterocycles. The Labute approximate surface area is 187 Å². The number of aliphatic hydroxyl groups is 1. The van der Waals surface area contributed by atoms with Crippen molar-refractivity contribution in [2.75, 3.05) is 6.61 Å². The largest absolute Gasteiger partial charge is 0.396 e. The van der Waals surface area contributed by atoms with Crippen molar-refractivity contribution in [3.8, 4) is 0 Å². The number of aliphatic hydroxyl groups excluding tert-OH is 1. The highest BCUT2D eigenvalue weighted by atomic mass is 16.3. The Balaban J connectivity index is 1.47. The Hall–Kier alpha value is -0.300. The number of hydrogen-bond donors (Lipinski definition) is 1. The van der Waals surface area contributed by atoms with E-state index in [1.165, 1.54) is 70.6 Å². The molecule has 4 aliphatic carbocycles. The molecule has 0 aromatic carbocycles. The predicted octanol–water partition coefficient (Wildman–Crippen LogP) is 8.03. The molecule has 0 saturated heterocycles. The van der Waals surface area contributed by atoms with E-state index in [0.29, 0.717) is 17.4 Å². The molecule has 30 heavy (non-hydrogen) atoms. The van der Waals surface area contributed by atoms with Crippen LogP contribution in [-0.4, -0.2) is 11.7 Å². The van der Waals surface area contributed by atoms with E-state index in [9.17, 15) is 5.11 Å². The second kappa shape index (κ2) is 8.92. The smallest absolute Gasteiger partial charge is 0.0433 e. The van der Waals surface area contributed by atoms with Gasteiger partial charge in [0, 0.05) is 6.61 Å². The molecular formula is C29H50O. The van der Waals surface area contributed by atoms with Gasteiger partial charge < -0.3 is 5.11 Å². The second-order valence-electron chi connectivity index (χ2n) is 12.9. The molecule has 3 saturated carbocycles. The fourth-order valence-corrected chi connectivity index (χ4v) is 9.19. The van der Waals surface area contributed by atoms with Crippen molar-refractivity contribution in [1.29, 1.82) is 0 Å². The van der Waals surface area contributed by atoms with Gasteiger partial charge in [0.15, 0.2) is 0 Å². The Kier molecular flexibility index (Phi) is 6.80. The molecule has 3 fully saturated rings. The van der Waals surface area contributed by atoms with E-state index < -0.39 is 0 Å². The van der Waals surface area contributed by atoms with Gasteiger partial charge in [0.25, 0.3) is 0 Å². The molecule has 1 nitrogen and oxygen atoms in total. The average molecular weight is 415 g/mol. The van der Waals surface area contributed by atoms with Crippen LogP contribution in [0.4, 0.5) is 0 Å². The second-order valence-corrected chi connectivity index (χ2v) is 12.9. The lowest BCUT2D eigenvalue weighted by atomic mass is 9.46. The first-order valence-corrected chi connectivity index (χ1v) is 13.6. The predicted molar refractivity (Wildman–Crippen MR) is 128 cm³/mol. The molecule has 0 amide bonds. The molecule has 8 atom stereocenters. The Morgan fingerprint density at radius 3 is 2.53 bits per heavy atom. The van der Waals surface area contributed by atoms with E-state index in [4.69, 9.17) is 0 Å². The lowest BCUT2D eigenvalue weighted by Crippen LogP contribution is -2.50. The first-order valence-electron chi connectivity index (χ1n) is 13.6. The summed E-state index contributed by atoms with van der Waals surface area (Å²) < 4.78 is 0. The van der Waals surface area contributed by atoms with Crippen LogP contribution in [0.25, 0.3) is 0 Å². The molecule has 0 radical (unpaired) electrons.